The average molecular weight is 708 g/mol. The number of hydrogen-bond acceptors (Lipinski definition) is 3. The summed E-state index contributed by atoms with van der Waals surface area (Å²) in [5, 5.41) is 13.2. The third kappa shape index (κ3) is 16.1. The summed E-state index contributed by atoms with van der Waals surface area (Å²) in [5.41, 5.74) is 14.1. The van der Waals surface area contributed by atoms with Gasteiger partial charge in [-0.25, -0.2) is 9.37 Å². The van der Waals surface area contributed by atoms with E-state index in [0.29, 0.717) is 11.3 Å². The van der Waals surface area contributed by atoms with Crippen molar-refractivity contribution < 1.29 is 9.50 Å². The summed E-state index contributed by atoms with van der Waals surface area (Å²) in [6.45, 7) is 22.9. The molecule has 0 spiro atoms. The van der Waals surface area contributed by atoms with Gasteiger partial charge in [0.25, 0.3) is 0 Å². The number of aromatic amines is 1. The van der Waals surface area contributed by atoms with E-state index in [9.17, 15) is 4.39 Å². The molecular weight excluding hydrogens is 653 g/mol. The lowest BCUT2D eigenvalue weighted by molar-refractivity contribution is 0.470. The molecule has 1 heterocycles. The number of phenols is 1. The number of hydrogen-bond donors (Lipinski definition) is 3. The van der Waals surface area contributed by atoms with Crippen LogP contribution >= 0.6 is 11.6 Å². The van der Waals surface area contributed by atoms with Crippen LogP contribution in [-0.4, -0.2) is 15.1 Å². The lowest BCUT2D eigenvalue weighted by Crippen LogP contribution is -2.02. The lowest BCUT2D eigenvalue weighted by Gasteiger charge is -2.07. The molecule has 270 valence electrons. The highest BCUT2D eigenvalue weighted by Crippen LogP contribution is 2.17. The molecule has 0 aliphatic heterocycles. The molecule has 0 amide bonds. The number of halogens is 2. The van der Waals surface area contributed by atoms with E-state index in [4.69, 9.17) is 16.7 Å². The monoisotopic (exact) mass is 707 g/mol. The van der Waals surface area contributed by atoms with Crippen molar-refractivity contribution >= 4 is 17.5 Å². The number of phenolic OH excluding ortho intramolecular Hbond substituents is 1. The van der Waals surface area contributed by atoms with E-state index in [0.717, 1.165) is 39.8 Å². The minimum atomic E-state index is -0.116. The Bertz CT molecular complexity index is 1750. The summed E-state index contributed by atoms with van der Waals surface area (Å²) in [7, 11) is 0. The Morgan fingerprint density at radius 2 is 1.06 bits per heavy atom. The van der Waals surface area contributed by atoms with E-state index >= 15 is 0 Å². The molecule has 6 heteroatoms. The fraction of sp³-hybridized carbons (Fsp3) is 0.267. The van der Waals surface area contributed by atoms with Gasteiger partial charge in [-0.3, -0.25) is 0 Å². The van der Waals surface area contributed by atoms with Crippen LogP contribution in [-0.2, 0) is 6.54 Å². The van der Waals surface area contributed by atoms with Crippen molar-refractivity contribution in [2.24, 2.45) is 0 Å². The number of aryl methyl sites for hydroxylation is 11. The highest BCUT2D eigenvalue weighted by atomic mass is 35.5. The third-order valence-electron chi connectivity index (χ3n) is 8.13. The standard InChI is InChI=1S/C12H15N3.C9H12.C8H9Cl.C8H9F.C8H10O/c1-9-3-4-10(2)11(7-9)8-15-12-13-5-6-14-12;1-7-4-5-8(2)9(3)6-7;3*1-6-3-4-7(2)8(9)5-6/h3-7H,8H2,1-2H3,(H2,13,14,15);4-6H,1-3H3;2*3-5H,1-2H3;3-5,9H,1-2H3. The van der Waals surface area contributed by atoms with Crippen molar-refractivity contribution in [3.63, 3.8) is 0 Å². The quantitative estimate of drug-likeness (QED) is 0.172. The SMILES string of the molecule is Cc1ccc(C)c(C)c1.Cc1ccc(C)c(CNc2ncc[nH]2)c1.Cc1ccc(C)c(Cl)c1.Cc1ccc(C)c(F)c1.Cc1ccc(C)c(O)c1. The van der Waals surface area contributed by atoms with Gasteiger partial charge >= 0.3 is 0 Å². The molecular formula is C45H55ClFN3O. The van der Waals surface area contributed by atoms with Crippen molar-refractivity contribution in [2.45, 2.75) is 82.7 Å². The van der Waals surface area contributed by atoms with Gasteiger partial charge in [0.1, 0.15) is 11.6 Å². The smallest absolute Gasteiger partial charge is 0.200 e. The van der Waals surface area contributed by atoms with E-state index in [-0.39, 0.29) is 5.82 Å². The van der Waals surface area contributed by atoms with E-state index in [1.165, 1.54) is 45.0 Å². The Labute approximate surface area is 310 Å². The Morgan fingerprint density at radius 1 is 0.569 bits per heavy atom. The van der Waals surface area contributed by atoms with Crippen LogP contribution in [0.2, 0.25) is 5.02 Å². The molecule has 0 unspecified atom stereocenters. The number of nitrogens with zero attached hydrogens (tertiary/aromatic N) is 1. The van der Waals surface area contributed by atoms with Gasteiger partial charge in [-0.15, -0.1) is 0 Å². The maximum absolute atomic E-state index is 12.6. The van der Waals surface area contributed by atoms with Crippen LogP contribution in [0.3, 0.4) is 0 Å². The minimum absolute atomic E-state index is 0.116. The van der Waals surface area contributed by atoms with E-state index in [2.05, 4.69) is 92.4 Å². The maximum Gasteiger partial charge on any atom is 0.200 e. The zero-order valence-electron chi connectivity index (χ0n) is 32.2. The predicted octanol–water partition coefficient (Wildman–Crippen LogP) is 12.7. The van der Waals surface area contributed by atoms with Crippen LogP contribution in [0.5, 0.6) is 5.75 Å². The predicted molar refractivity (Wildman–Crippen MR) is 217 cm³/mol. The first kappa shape index (κ1) is 42.3. The molecule has 51 heavy (non-hydrogen) atoms. The zero-order chi connectivity index (χ0) is 38.1. The van der Waals surface area contributed by atoms with Crippen LogP contribution in [0.4, 0.5) is 10.3 Å². The highest BCUT2D eigenvalue weighted by molar-refractivity contribution is 6.31. The molecule has 3 N–H and O–H groups in total. The second-order valence-corrected chi connectivity index (χ2v) is 13.5. The Morgan fingerprint density at radius 3 is 1.51 bits per heavy atom. The van der Waals surface area contributed by atoms with Gasteiger partial charge < -0.3 is 15.4 Å². The van der Waals surface area contributed by atoms with Crippen molar-refractivity contribution in [2.75, 3.05) is 5.32 Å². The first-order valence-electron chi connectivity index (χ1n) is 17.1. The number of imidazole rings is 1. The molecule has 1 aromatic heterocycles. The van der Waals surface area contributed by atoms with Gasteiger partial charge in [0.15, 0.2) is 5.95 Å². The van der Waals surface area contributed by atoms with Crippen LogP contribution in [0.15, 0.2) is 103 Å². The number of aromatic hydroxyl groups is 1. The highest BCUT2D eigenvalue weighted by Gasteiger charge is 2.00. The second-order valence-electron chi connectivity index (χ2n) is 13.1. The molecule has 0 bridgehead atoms. The van der Waals surface area contributed by atoms with Crippen molar-refractivity contribution in [3.05, 3.63) is 181 Å². The minimum Gasteiger partial charge on any atom is -0.508 e. The van der Waals surface area contributed by atoms with Gasteiger partial charge in [0.2, 0.25) is 0 Å². The lowest BCUT2D eigenvalue weighted by atomic mass is 10.1. The zero-order valence-corrected chi connectivity index (χ0v) is 32.9. The van der Waals surface area contributed by atoms with Crippen molar-refractivity contribution in [3.8, 4) is 5.75 Å². The first-order chi connectivity index (χ1) is 24.0. The van der Waals surface area contributed by atoms with Crippen molar-refractivity contribution in [1.82, 2.24) is 9.97 Å². The third-order valence-corrected chi connectivity index (χ3v) is 8.54. The molecule has 0 fully saturated rings. The fourth-order valence-electron chi connectivity index (χ4n) is 4.54. The van der Waals surface area contributed by atoms with Gasteiger partial charge in [0, 0.05) is 24.0 Å². The number of rotatable bonds is 3. The normalized spacial score (nSPS) is 9.82. The molecule has 0 atom stereocenters. The number of benzene rings is 5. The van der Waals surface area contributed by atoms with Gasteiger partial charge in [-0.1, -0.05) is 95.5 Å². The Kier molecular flexibility index (Phi) is 17.7. The van der Waals surface area contributed by atoms with Crippen molar-refractivity contribution in [1.29, 1.82) is 0 Å². The number of aromatic nitrogens is 2. The molecule has 0 aliphatic rings. The van der Waals surface area contributed by atoms with Crippen LogP contribution < -0.4 is 5.32 Å². The Balaban J connectivity index is 0.000000226. The summed E-state index contributed by atoms with van der Waals surface area (Å²) >= 11 is 5.81. The first-order valence-corrected chi connectivity index (χ1v) is 17.5. The largest absolute Gasteiger partial charge is 0.508 e. The maximum atomic E-state index is 12.6. The van der Waals surface area contributed by atoms with Crippen LogP contribution in [0.25, 0.3) is 0 Å². The summed E-state index contributed by atoms with van der Waals surface area (Å²) in [5.74, 6) is 1.08. The van der Waals surface area contributed by atoms with E-state index in [1.807, 2.05) is 71.1 Å². The summed E-state index contributed by atoms with van der Waals surface area (Å²) in [6, 6.07) is 29.9. The van der Waals surface area contributed by atoms with Gasteiger partial charge in [-0.05, 0) is 150 Å². The van der Waals surface area contributed by atoms with E-state index < -0.39 is 0 Å². The molecule has 4 nitrogen and oxygen atoms in total. The number of H-pyrrole nitrogens is 1. The van der Waals surface area contributed by atoms with Crippen LogP contribution in [0, 0.1) is 82.0 Å². The molecule has 0 saturated carbocycles. The summed E-state index contributed by atoms with van der Waals surface area (Å²) < 4.78 is 12.6. The summed E-state index contributed by atoms with van der Waals surface area (Å²) in [4.78, 5) is 7.14. The average Bonchev–Trinajstić information content (AvgIpc) is 3.60. The van der Waals surface area contributed by atoms with Gasteiger partial charge in [-0.2, -0.15) is 0 Å². The van der Waals surface area contributed by atoms with E-state index in [1.54, 1.807) is 25.3 Å². The fourth-order valence-corrected chi connectivity index (χ4v) is 4.77. The molecule has 6 rings (SSSR count). The Hall–Kier alpha value is -4.87. The topological polar surface area (TPSA) is 60.9 Å². The van der Waals surface area contributed by atoms with Gasteiger partial charge in [0.05, 0.1) is 0 Å². The molecule has 0 aliphatic carbocycles. The molecule has 6 aromatic rings. The molecule has 0 saturated heterocycles. The summed E-state index contributed by atoms with van der Waals surface area (Å²) in [6.07, 6.45) is 3.55. The number of anilines is 1. The number of nitrogens with one attached hydrogen (secondary N) is 2. The van der Waals surface area contributed by atoms with Crippen LogP contribution in [0.1, 0.15) is 66.8 Å². The molecule has 5 aromatic carbocycles. The second kappa shape index (κ2) is 21.4. The molecule has 0 radical (unpaired) electrons.